The molecule has 3 heterocycles. The summed E-state index contributed by atoms with van der Waals surface area (Å²) in [6.45, 7) is 2.02. The van der Waals surface area contributed by atoms with E-state index in [1.165, 1.54) is 41.2 Å². The molecule has 45 heavy (non-hydrogen) atoms. The van der Waals surface area contributed by atoms with Crippen LogP contribution in [0.4, 0.5) is 5.13 Å². The highest BCUT2D eigenvalue weighted by Gasteiger charge is 2.47. The number of amides is 1. The van der Waals surface area contributed by atoms with Crippen molar-refractivity contribution in [3.63, 3.8) is 0 Å². The van der Waals surface area contributed by atoms with Gasteiger partial charge in [0.05, 0.1) is 18.7 Å². The van der Waals surface area contributed by atoms with Crippen molar-refractivity contribution in [2.75, 3.05) is 12.0 Å². The second-order valence-electron chi connectivity index (χ2n) is 10.0. The topological polar surface area (TPSA) is 115 Å². The molecule has 0 radical (unpaired) electrons. The molecule has 228 valence electrons. The summed E-state index contributed by atoms with van der Waals surface area (Å²) in [5, 5.41) is 20.6. The van der Waals surface area contributed by atoms with Gasteiger partial charge in [-0.2, -0.15) is 0 Å². The van der Waals surface area contributed by atoms with E-state index in [1.807, 2.05) is 54.6 Å². The van der Waals surface area contributed by atoms with E-state index in [-0.39, 0.29) is 16.5 Å². The van der Waals surface area contributed by atoms with Crippen molar-refractivity contribution < 1.29 is 28.6 Å². The third kappa shape index (κ3) is 6.46. The van der Waals surface area contributed by atoms with Crippen molar-refractivity contribution in [3.05, 3.63) is 129 Å². The van der Waals surface area contributed by atoms with Gasteiger partial charge in [0.15, 0.2) is 27.4 Å². The summed E-state index contributed by atoms with van der Waals surface area (Å²) >= 11 is 8.63. The normalized spacial score (nSPS) is 14.7. The van der Waals surface area contributed by atoms with Crippen LogP contribution in [-0.4, -0.2) is 34.1 Å². The Morgan fingerprint density at radius 1 is 1.02 bits per heavy atom. The molecular formula is C33H26ClN3O6S2. The van der Waals surface area contributed by atoms with Gasteiger partial charge in [0.2, 0.25) is 10.9 Å². The third-order valence-electron chi connectivity index (χ3n) is 7.03. The Balaban J connectivity index is 1.34. The average molecular weight is 660 g/mol. The highest BCUT2D eigenvalue weighted by Crippen LogP contribution is 2.45. The quantitative estimate of drug-likeness (QED) is 0.0863. The monoisotopic (exact) mass is 659 g/mol. The number of benzene rings is 3. The van der Waals surface area contributed by atoms with E-state index in [9.17, 15) is 14.7 Å². The number of aliphatic hydroxyl groups excluding tert-OH is 1. The molecule has 0 saturated heterocycles. The number of aromatic nitrogens is 2. The number of rotatable bonds is 11. The molecule has 0 aliphatic carbocycles. The van der Waals surface area contributed by atoms with Crippen LogP contribution in [0.15, 0.2) is 105 Å². The van der Waals surface area contributed by atoms with Gasteiger partial charge < -0.3 is 19.0 Å². The van der Waals surface area contributed by atoms with Crippen LogP contribution >= 0.6 is 34.7 Å². The van der Waals surface area contributed by atoms with Crippen LogP contribution in [-0.2, 0) is 17.2 Å². The van der Waals surface area contributed by atoms with Crippen molar-refractivity contribution in [2.45, 2.75) is 29.7 Å². The fourth-order valence-electron chi connectivity index (χ4n) is 4.83. The van der Waals surface area contributed by atoms with Crippen LogP contribution in [0.3, 0.4) is 0 Å². The van der Waals surface area contributed by atoms with Crippen molar-refractivity contribution in [2.24, 2.45) is 0 Å². The number of methoxy groups -OCH3 is 1. The first-order chi connectivity index (χ1) is 21.8. The zero-order valence-corrected chi connectivity index (χ0v) is 26.5. The molecular weight excluding hydrogens is 634 g/mol. The number of aryl methyl sites for hydroxylation is 1. The summed E-state index contributed by atoms with van der Waals surface area (Å²) in [5.74, 6) is -0.0975. The number of aliphatic hydroxyl groups is 1. The van der Waals surface area contributed by atoms with Gasteiger partial charge in [-0.05, 0) is 60.0 Å². The van der Waals surface area contributed by atoms with Gasteiger partial charge in [0.25, 0.3) is 5.91 Å². The largest absolute Gasteiger partial charge is 0.503 e. The molecule has 1 aliphatic rings. The number of furan rings is 1. The minimum Gasteiger partial charge on any atom is -0.503 e. The molecule has 1 aliphatic heterocycles. The number of hydrogen-bond donors (Lipinski definition) is 1. The lowest BCUT2D eigenvalue weighted by molar-refractivity contribution is -0.117. The summed E-state index contributed by atoms with van der Waals surface area (Å²) < 4.78 is 17.9. The number of thioether (sulfide) groups is 1. The number of anilines is 1. The maximum Gasteiger partial charge on any atom is 0.296 e. The molecule has 2 aromatic heterocycles. The van der Waals surface area contributed by atoms with Crippen LogP contribution in [0, 0.1) is 6.92 Å². The molecule has 5 aromatic rings. The Morgan fingerprint density at radius 2 is 1.80 bits per heavy atom. The number of nitrogens with zero attached hydrogens (tertiary/aromatic N) is 3. The van der Waals surface area contributed by atoms with Crippen molar-refractivity contribution >= 4 is 51.5 Å². The van der Waals surface area contributed by atoms with E-state index in [4.69, 9.17) is 25.5 Å². The van der Waals surface area contributed by atoms with Crippen molar-refractivity contribution in [1.82, 2.24) is 10.2 Å². The summed E-state index contributed by atoms with van der Waals surface area (Å²) in [7, 11) is 1.51. The van der Waals surface area contributed by atoms with Crippen LogP contribution in [0.2, 0.25) is 5.02 Å². The molecule has 3 aromatic carbocycles. The summed E-state index contributed by atoms with van der Waals surface area (Å²) in [4.78, 5) is 28.7. The van der Waals surface area contributed by atoms with E-state index in [2.05, 4.69) is 10.2 Å². The molecule has 1 amide bonds. The third-order valence-corrected chi connectivity index (χ3v) is 9.41. The molecule has 1 N–H and O–H groups in total. The highest BCUT2D eigenvalue weighted by molar-refractivity contribution is 8.00. The Hall–Kier alpha value is -4.58. The number of halogens is 1. The Labute approximate surface area is 272 Å². The van der Waals surface area contributed by atoms with Crippen LogP contribution in [0.5, 0.6) is 11.5 Å². The molecule has 6 rings (SSSR count). The predicted molar refractivity (Wildman–Crippen MR) is 172 cm³/mol. The first-order valence-corrected chi connectivity index (χ1v) is 15.9. The SMILES string of the molecule is COc1cc(C2C(C(=O)c3ccc(C)o3)=C(O)C(=O)N2c2nnc(SCc3ccc(Cl)cc3)s2)ccc1OCc1ccccc1. The number of Topliss-reactive ketones (excluding diaryl/α,β-unsaturated/α-hetero) is 1. The Bertz CT molecular complexity index is 1890. The maximum absolute atomic E-state index is 13.8. The smallest absolute Gasteiger partial charge is 0.296 e. The number of ketones is 1. The summed E-state index contributed by atoms with van der Waals surface area (Å²) in [5.41, 5.74) is 2.37. The molecule has 9 nitrogen and oxygen atoms in total. The van der Waals surface area contributed by atoms with Gasteiger partial charge >= 0.3 is 0 Å². The zero-order chi connectivity index (χ0) is 31.5. The second-order valence-corrected chi connectivity index (χ2v) is 12.6. The Morgan fingerprint density at radius 3 is 2.51 bits per heavy atom. The lowest BCUT2D eigenvalue weighted by Crippen LogP contribution is -2.31. The second kappa shape index (κ2) is 13.2. The van der Waals surface area contributed by atoms with Crippen LogP contribution in [0.25, 0.3) is 0 Å². The maximum atomic E-state index is 13.8. The van der Waals surface area contributed by atoms with E-state index in [0.717, 1.165) is 11.1 Å². The zero-order valence-electron chi connectivity index (χ0n) is 24.1. The number of hydrogen-bond acceptors (Lipinski definition) is 10. The molecule has 0 fully saturated rings. The minimum absolute atomic E-state index is 0.0000440. The molecule has 0 bridgehead atoms. The van der Waals surface area contributed by atoms with Gasteiger partial charge in [-0.15, -0.1) is 10.2 Å². The van der Waals surface area contributed by atoms with Crippen LogP contribution < -0.4 is 14.4 Å². The lowest BCUT2D eigenvalue weighted by atomic mass is 9.95. The van der Waals surface area contributed by atoms with E-state index in [0.29, 0.717) is 44.5 Å². The fourth-order valence-corrected chi connectivity index (χ4v) is 6.78. The standard InChI is InChI=1S/C33H26ClN3O6S2/c1-19-8-14-25(43-19)29(38)27-28(22-11-15-24(26(16-22)41-2)42-17-20-6-4-3-5-7-20)37(31(40)30(27)39)32-35-36-33(45-32)44-18-21-9-12-23(34)13-10-21/h3-16,28,39H,17-18H2,1-2H3. The van der Waals surface area contributed by atoms with Crippen molar-refractivity contribution in [1.29, 1.82) is 0 Å². The molecule has 1 unspecified atom stereocenters. The summed E-state index contributed by atoms with van der Waals surface area (Å²) in [6.07, 6.45) is 0. The fraction of sp³-hybridized carbons (Fsp3) is 0.152. The number of carbonyl (C=O) groups excluding carboxylic acids is 2. The van der Waals surface area contributed by atoms with Crippen molar-refractivity contribution in [3.8, 4) is 11.5 Å². The Kier molecular flexibility index (Phi) is 8.92. The van der Waals surface area contributed by atoms with Gasteiger partial charge in [-0.3, -0.25) is 14.5 Å². The van der Waals surface area contributed by atoms with E-state index >= 15 is 0 Å². The van der Waals surface area contributed by atoms with E-state index < -0.39 is 23.5 Å². The predicted octanol–water partition coefficient (Wildman–Crippen LogP) is 7.76. The molecule has 12 heteroatoms. The average Bonchev–Trinajstić information content (AvgIpc) is 3.78. The molecule has 0 spiro atoms. The number of carbonyl (C=O) groups is 2. The van der Waals surface area contributed by atoms with Crippen LogP contribution in [0.1, 0.15) is 39.0 Å². The molecule has 1 atom stereocenters. The van der Waals surface area contributed by atoms with E-state index in [1.54, 1.807) is 31.2 Å². The molecule has 0 saturated carbocycles. The lowest BCUT2D eigenvalue weighted by Gasteiger charge is -2.24. The summed E-state index contributed by atoms with van der Waals surface area (Å²) in [6, 6.07) is 24.4. The minimum atomic E-state index is -1.05. The highest BCUT2D eigenvalue weighted by atomic mass is 35.5. The first-order valence-electron chi connectivity index (χ1n) is 13.8. The van der Waals surface area contributed by atoms with Gasteiger partial charge in [-0.1, -0.05) is 83.2 Å². The van der Waals surface area contributed by atoms with Gasteiger partial charge in [0, 0.05) is 10.8 Å². The van der Waals surface area contributed by atoms with Gasteiger partial charge in [-0.25, -0.2) is 0 Å². The first kappa shape index (κ1) is 30.4. The van der Waals surface area contributed by atoms with Gasteiger partial charge in [0.1, 0.15) is 12.4 Å². The number of ether oxygens (including phenoxy) is 2.